The highest BCUT2D eigenvalue weighted by molar-refractivity contribution is 7.89. The molecule has 1 saturated heterocycles. The summed E-state index contributed by atoms with van der Waals surface area (Å²) in [6.45, 7) is 4.59. The third-order valence-electron chi connectivity index (χ3n) is 3.24. The van der Waals surface area contributed by atoms with E-state index in [2.05, 4.69) is 0 Å². The molecule has 0 bridgehead atoms. The molecule has 0 aromatic rings. The van der Waals surface area contributed by atoms with Crippen LogP contribution in [-0.4, -0.2) is 42.3 Å². The summed E-state index contributed by atoms with van der Waals surface area (Å²) in [6.07, 6.45) is 2.84. The van der Waals surface area contributed by atoms with Gasteiger partial charge >= 0.3 is 0 Å². The summed E-state index contributed by atoms with van der Waals surface area (Å²) in [5.74, 6) is 0.233. The maximum atomic E-state index is 11.7. The number of nitrogens with zero attached hydrogens (tertiary/aromatic N) is 1. The van der Waals surface area contributed by atoms with Gasteiger partial charge in [-0.25, -0.2) is 8.42 Å². The summed E-state index contributed by atoms with van der Waals surface area (Å²) in [5.41, 5.74) is -0.857. The molecule has 1 N–H and O–H groups in total. The molecule has 0 radical (unpaired) electrons. The molecule has 0 aliphatic carbocycles. The first-order chi connectivity index (χ1) is 6.93. The molecular weight excluding hydrogens is 214 g/mol. The van der Waals surface area contributed by atoms with Crippen molar-refractivity contribution in [3.8, 4) is 0 Å². The number of β-amino-alcohol motifs (C(OH)–C–C–N with tert-alkyl or cyclic N) is 1. The zero-order valence-electron chi connectivity index (χ0n) is 9.57. The van der Waals surface area contributed by atoms with Crippen LogP contribution in [0.15, 0.2) is 0 Å². The van der Waals surface area contributed by atoms with Gasteiger partial charge in [0.05, 0.1) is 11.4 Å². The second-order valence-electron chi connectivity index (χ2n) is 4.29. The van der Waals surface area contributed by atoms with E-state index in [4.69, 9.17) is 0 Å². The van der Waals surface area contributed by atoms with Gasteiger partial charge in [-0.2, -0.15) is 4.31 Å². The van der Waals surface area contributed by atoms with Crippen molar-refractivity contribution in [3.05, 3.63) is 0 Å². The van der Waals surface area contributed by atoms with Gasteiger partial charge in [0, 0.05) is 13.1 Å². The van der Waals surface area contributed by atoms with E-state index in [1.54, 1.807) is 0 Å². The minimum atomic E-state index is -3.10. The second-order valence-corrected chi connectivity index (χ2v) is 6.38. The lowest BCUT2D eigenvalue weighted by Gasteiger charge is -2.34. The SMILES string of the molecule is CCC(O)(CC)CN1CCCCS1(=O)=O. The van der Waals surface area contributed by atoms with Crippen LogP contribution >= 0.6 is 0 Å². The van der Waals surface area contributed by atoms with Crippen LogP contribution < -0.4 is 0 Å². The molecule has 0 aromatic heterocycles. The Bertz CT molecular complexity index is 296. The quantitative estimate of drug-likeness (QED) is 0.789. The molecule has 4 nitrogen and oxygen atoms in total. The van der Waals surface area contributed by atoms with Gasteiger partial charge in [0.25, 0.3) is 0 Å². The Morgan fingerprint density at radius 1 is 1.27 bits per heavy atom. The maximum Gasteiger partial charge on any atom is 0.214 e. The Balaban J connectivity index is 2.71. The topological polar surface area (TPSA) is 57.6 Å². The first kappa shape index (κ1) is 12.9. The zero-order valence-corrected chi connectivity index (χ0v) is 10.4. The smallest absolute Gasteiger partial charge is 0.214 e. The van der Waals surface area contributed by atoms with Gasteiger partial charge in [0.15, 0.2) is 0 Å². The highest BCUT2D eigenvalue weighted by Crippen LogP contribution is 2.21. The van der Waals surface area contributed by atoms with Crippen molar-refractivity contribution in [2.24, 2.45) is 0 Å². The van der Waals surface area contributed by atoms with Crippen molar-refractivity contribution in [2.45, 2.75) is 45.1 Å². The first-order valence-corrected chi connectivity index (χ1v) is 7.24. The minimum Gasteiger partial charge on any atom is -0.389 e. The Morgan fingerprint density at radius 3 is 2.33 bits per heavy atom. The summed E-state index contributed by atoms with van der Waals surface area (Å²) in [7, 11) is -3.10. The van der Waals surface area contributed by atoms with Crippen molar-refractivity contribution in [2.75, 3.05) is 18.8 Å². The molecule has 1 fully saturated rings. The fourth-order valence-electron chi connectivity index (χ4n) is 1.82. The largest absolute Gasteiger partial charge is 0.389 e. The third-order valence-corrected chi connectivity index (χ3v) is 5.14. The van der Waals surface area contributed by atoms with E-state index in [1.165, 1.54) is 4.31 Å². The lowest BCUT2D eigenvalue weighted by atomic mass is 9.97. The monoisotopic (exact) mass is 235 g/mol. The molecule has 0 amide bonds. The molecule has 0 spiro atoms. The van der Waals surface area contributed by atoms with Crippen LogP contribution in [0.25, 0.3) is 0 Å². The number of rotatable bonds is 4. The van der Waals surface area contributed by atoms with Crippen molar-refractivity contribution in [1.29, 1.82) is 0 Å². The molecule has 1 aliphatic rings. The minimum absolute atomic E-state index is 0.233. The van der Waals surface area contributed by atoms with E-state index in [1.807, 2.05) is 13.8 Å². The van der Waals surface area contributed by atoms with Crippen LogP contribution in [-0.2, 0) is 10.0 Å². The highest BCUT2D eigenvalue weighted by Gasteiger charge is 2.33. The molecule has 1 aliphatic heterocycles. The zero-order chi connectivity index (χ0) is 11.5. The summed E-state index contributed by atoms with van der Waals surface area (Å²) >= 11 is 0. The highest BCUT2D eigenvalue weighted by atomic mass is 32.2. The van der Waals surface area contributed by atoms with Gasteiger partial charge in [0.1, 0.15) is 0 Å². The van der Waals surface area contributed by atoms with Crippen molar-refractivity contribution in [3.63, 3.8) is 0 Å². The number of aliphatic hydroxyl groups is 1. The van der Waals surface area contributed by atoms with E-state index in [-0.39, 0.29) is 12.3 Å². The van der Waals surface area contributed by atoms with Gasteiger partial charge in [-0.15, -0.1) is 0 Å². The van der Waals surface area contributed by atoms with Crippen LogP contribution in [0.2, 0.25) is 0 Å². The van der Waals surface area contributed by atoms with Gasteiger partial charge < -0.3 is 5.11 Å². The van der Waals surface area contributed by atoms with Crippen LogP contribution in [0.3, 0.4) is 0 Å². The fraction of sp³-hybridized carbons (Fsp3) is 1.00. The molecule has 0 saturated carbocycles. The normalized spacial score (nSPS) is 22.9. The Labute approximate surface area is 92.3 Å². The Kier molecular flexibility index (Phi) is 4.14. The molecule has 15 heavy (non-hydrogen) atoms. The second kappa shape index (κ2) is 4.80. The summed E-state index contributed by atoms with van der Waals surface area (Å²) < 4.78 is 24.9. The molecule has 0 atom stereocenters. The molecule has 0 unspecified atom stereocenters. The van der Waals surface area contributed by atoms with Gasteiger partial charge in [-0.3, -0.25) is 0 Å². The van der Waals surface area contributed by atoms with E-state index in [0.717, 1.165) is 12.8 Å². The van der Waals surface area contributed by atoms with Crippen LogP contribution in [0.4, 0.5) is 0 Å². The third kappa shape index (κ3) is 3.16. The average molecular weight is 235 g/mol. The van der Waals surface area contributed by atoms with Gasteiger partial charge in [0.2, 0.25) is 10.0 Å². The lowest BCUT2D eigenvalue weighted by Crippen LogP contribution is -2.47. The fourth-order valence-corrected chi connectivity index (χ4v) is 3.49. The van der Waals surface area contributed by atoms with E-state index in [0.29, 0.717) is 19.4 Å². The average Bonchev–Trinajstić information content (AvgIpc) is 2.21. The van der Waals surface area contributed by atoms with E-state index in [9.17, 15) is 13.5 Å². The first-order valence-electron chi connectivity index (χ1n) is 5.64. The summed E-state index contributed by atoms with van der Waals surface area (Å²) in [6, 6.07) is 0. The Hall–Kier alpha value is -0.130. The van der Waals surface area contributed by atoms with E-state index < -0.39 is 15.6 Å². The molecule has 1 rings (SSSR count). The lowest BCUT2D eigenvalue weighted by molar-refractivity contribution is 0.0141. The summed E-state index contributed by atoms with van der Waals surface area (Å²) in [5, 5.41) is 10.1. The predicted molar refractivity (Wildman–Crippen MR) is 60.1 cm³/mol. The van der Waals surface area contributed by atoms with Crippen LogP contribution in [0, 0.1) is 0 Å². The maximum absolute atomic E-state index is 11.7. The predicted octanol–water partition coefficient (Wildman–Crippen LogP) is 0.963. The number of sulfonamides is 1. The molecule has 0 aromatic carbocycles. The molecular formula is C10H21NO3S. The van der Waals surface area contributed by atoms with Gasteiger partial charge in [-0.05, 0) is 25.7 Å². The summed E-state index contributed by atoms with van der Waals surface area (Å²) in [4.78, 5) is 0. The number of hydrogen-bond acceptors (Lipinski definition) is 3. The van der Waals surface area contributed by atoms with Crippen LogP contribution in [0.5, 0.6) is 0 Å². The Morgan fingerprint density at radius 2 is 1.87 bits per heavy atom. The number of hydrogen-bond donors (Lipinski definition) is 1. The molecule has 90 valence electrons. The van der Waals surface area contributed by atoms with Crippen LogP contribution in [0.1, 0.15) is 39.5 Å². The molecule has 5 heteroatoms. The van der Waals surface area contributed by atoms with Crippen molar-refractivity contribution < 1.29 is 13.5 Å². The van der Waals surface area contributed by atoms with Crippen molar-refractivity contribution >= 4 is 10.0 Å². The van der Waals surface area contributed by atoms with Crippen molar-refractivity contribution in [1.82, 2.24) is 4.31 Å². The standard InChI is InChI=1S/C10H21NO3S/c1-3-10(12,4-2)9-11-7-5-6-8-15(11,13)14/h12H,3-9H2,1-2H3. The molecule has 1 heterocycles. The van der Waals surface area contributed by atoms with Gasteiger partial charge in [-0.1, -0.05) is 13.8 Å². The van der Waals surface area contributed by atoms with E-state index >= 15 is 0 Å².